The van der Waals surface area contributed by atoms with Crippen LogP contribution in [0.5, 0.6) is 0 Å². The molecule has 0 N–H and O–H groups in total. The van der Waals surface area contributed by atoms with E-state index in [2.05, 4.69) is 32.6 Å². The summed E-state index contributed by atoms with van der Waals surface area (Å²) in [5.41, 5.74) is 0.0947. The lowest BCUT2D eigenvalue weighted by Gasteiger charge is -2.05. The first kappa shape index (κ1) is 10.3. The second kappa shape index (κ2) is 4.98. The highest BCUT2D eigenvalue weighted by molar-refractivity contribution is 5.18. The molecule has 1 nitrogen and oxygen atoms in total. The summed E-state index contributed by atoms with van der Waals surface area (Å²) in [6.45, 7) is 6.90. The SMILES string of the molecule is COC/C=C/C#CC(C)(C)C. The topological polar surface area (TPSA) is 9.23 Å². The Hall–Kier alpha value is -0.740. The first-order valence-electron chi connectivity index (χ1n) is 3.73. The van der Waals surface area contributed by atoms with Gasteiger partial charge < -0.3 is 4.74 Å². The van der Waals surface area contributed by atoms with Crippen molar-refractivity contribution in [2.75, 3.05) is 13.7 Å². The lowest BCUT2D eigenvalue weighted by Crippen LogP contribution is -1.98. The van der Waals surface area contributed by atoms with Gasteiger partial charge in [0.25, 0.3) is 0 Å². The van der Waals surface area contributed by atoms with E-state index in [9.17, 15) is 0 Å². The standard InChI is InChI=1S/C10H16O/c1-10(2,3)8-6-5-7-9-11-4/h5,7H,9H2,1-4H3/b7-5+. The highest BCUT2D eigenvalue weighted by Crippen LogP contribution is 2.09. The molecular formula is C10H16O. The van der Waals surface area contributed by atoms with Gasteiger partial charge in [-0.2, -0.15) is 0 Å². The molecular weight excluding hydrogens is 136 g/mol. The van der Waals surface area contributed by atoms with Crippen molar-refractivity contribution in [3.8, 4) is 11.8 Å². The Kier molecular flexibility index (Phi) is 4.65. The Morgan fingerprint density at radius 3 is 2.45 bits per heavy atom. The monoisotopic (exact) mass is 152 g/mol. The molecule has 0 atom stereocenters. The number of rotatable bonds is 2. The zero-order valence-corrected chi connectivity index (χ0v) is 7.77. The van der Waals surface area contributed by atoms with E-state index in [0.717, 1.165) is 0 Å². The normalized spacial score (nSPS) is 11.3. The number of ether oxygens (including phenoxy) is 1. The molecule has 0 rings (SSSR count). The largest absolute Gasteiger partial charge is 0.381 e. The molecule has 0 amide bonds. The molecule has 0 fully saturated rings. The first-order valence-corrected chi connectivity index (χ1v) is 3.73. The van der Waals surface area contributed by atoms with Gasteiger partial charge in [0.2, 0.25) is 0 Å². The molecule has 0 aromatic heterocycles. The fourth-order valence-electron chi connectivity index (χ4n) is 0.461. The van der Waals surface area contributed by atoms with Gasteiger partial charge in [0, 0.05) is 12.5 Å². The molecule has 0 unspecified atom stereocenters. The molecule has 0 saturated carbocycles. The molecule has 1 heteroatoms. The van der Waals surface area contributed by atoms with E-state index in [1.54, 1.807) is 7.11 Å². The van der Waals surface area contributed by atoms with E-state index in [0.29, 0.717) is 6.61 Å². The quantitative estimate of drug-likeness (QED) is 0.551. The third kappa shape index (κ3) is 9.26. The number of allylic oxidation sites excluding steroid dienone is 1. The summed E-state index contributed by atoms with van der Waals surface area (Å²) in [7, 11) is 1.67. The van der Waals surface area contributed by atoms with Gasteiger partial charge in [-0.05, 0) is 26.8 Å². The second-order valence-electron chi connectivity index (χ2n) is 3.38. The summed E-state index contributed by atoms with van der Waals surface area (Å²) < 4.78 is 4.82. The van der Waals surface area contributed by atoms with Crippen molar-refractivity contribution < 1.29 is 4.74 Å². The summed E-state index contributed by atoms with van der Waals surface area (Å²) in [6, 6.07) is 0. The van der Waals surface area contributed by atoms with Gasteiger partial charge in [0.05, 0.1) is 6.61 Å². The van der Waals surface area contributed by atoms with Crippen molar-refractivity contribution >= 4 is 0 Å². The molecule has 0 aliphatic carbocycles. The molecule has 0 saturated heterocycles. The van der Waals surface area contributed by atoms with Crippen LogP contribution in [-0.2, 0) is 4.74 Å². The van der Waals surface area contributed by atoms with E-state index in [1.807, 2.05) is 12.2 Å². The molecule has 0 aliphatic rings. The fraction of sp³-hybridized carbons (Fsp3) is 0.600. The van der Waals surface area contributed by atoms with Gasteiger partial charge in [-0.1, -0.05) is 17.9 Å². The van der Waals surface area contributed by atoms with Crippen LogP contribution >= 0.6 is 0 Å². The highest BCUT2D eigenvalue weighted by atomic mass is 16.5. The molecule has 11 heavy (non-hydrogen) atoms. The molecule has 62 valence electrons. The Morgan fingerprint density at radius 2 is 2.00 bits per heavy atom. The zero-order valence-electron chi connectivity index (χ0n) is 7.77. The van der Waals surface area contributed by atoms with Crippen molar-refractivity contribution in [1.29, 1.82) is 0 Å². The minimum Gasteiger partial charge on any atom is -0.381 e. The van der Waals surface area contributed by atoms with Crippen LogP contribution in [0, 0.1) is 17.3 Å². The van der Waals surface area contributed by atoms with Crippen LogP contribution in [-0.4, -0.2) is 13.7 Å². The smallest absolute Gasteiger partial charge is 0.0652 e. The number of hydrogen-bond acceptors (Lipinski definition) is 1. The van der Waals surface area contributed by atoms with Gasteiger partial charge in [-0.25, -0.2) is 0 Å². The Labute approximate surface area is 69.4 Å². The number of methoxy groups -OCH3 is 1. The van der Waals surface area contributed by atoms with Gasteiger partial charge in [-0.15, -0.1) is 0 Å². The molecule has 0 radical (unpaired) electrons. The van der Waals surface area contributed by atoms with Crippen molar-refractivity contribution in [2.45, 2.75) is 20.8 Å². The summed E-state index contributed by atoms with van der Waals surface area (Å²) in [5.74, 6) is 6.04. The van der Waals surface area contributed by atoms with Crippen LogP contribution < -0.4 is 0 Å². The third-order valence-electron chi connectivity index (χ3n) is 0.911. The minimum atomic E-state index is 0.0947. The van der Waals surface area contributed by atoms with E-state index in [-0.39, 0.29) is 5.41 Å². The van der Waals surface area contributed by atoms with E-state index < -0.39 is 0 Å². The van der Waals surface area contributed by atoms with Crippen LogP contribution in [0.4, 0.5) is 0 Å². The van der Waals surface area contributed by atoms with Crippen molar-refractivity contribution in [3.05, 3.63) is 12.2 Å². The van der Waals surface area contributed by atoms with E-state index in [1.165, 1.54) is 0 Å². The summed E-state index contributed by atoms with van der Waals surface area (Å²) in [5, 5.41) is 0. The van der Waals surface area contributed by atoms with Crippen molar-refractivity contribution in [1.82, 2.24) is 0 Å². The van der Waals surface area contributed by atoms with Crippen molar-refractivity contribution in [2.24, 2.45) is 5.41 Å². The van der Waals surface area contributed by atoms with Crippen LogP contribution in [0.3, 0.4) is 0 Å². The Balaban J connectivity index is 3.72. The predicted molar refractivity (Wildman–Crippen MR) is 48.2 cm³/mol. The molecule has 0 heterocycles. The lowest BCUT2D eigenvalue weighted by molar-refractivity contribution is 0.234. The van der Waals surface area contributed by atoms with Crippen LogP contribution in [0.25, 0.3) is 0 Å². The first-order chi connectivity index (χ1) is 5.06. The number of hydrogen-bond donors (Lipinski definition) is 0. The fourth-order valence-corrected chi connectivity index (χ4v) is 0.461. The van der Waals surface area contributed by atoms with Gasteiger partial charge in [-0.3, -0.25) is 0 Å². The van der Waals surface area contributed by atoms with E-state index >= 15 is 0 Å². The molecule has 0 aromatic rings. The van der Waals surface area contributed by atoms with Crippen molar-refractivity contribution in [3.63, 3.8) is 0 Å². The van der Waals surface area contributed by atoms with E-state index in [4.69, 9.17) is 4.74 Å². The van der Waals surface area contributed by atoms with Crippen LogP contribution in [0.1, 0.15) is 20.8 Å². The lowest BCUT2D eigenvalue weighted by atomic mass is 9.98. The predicted octanol–water partition coefficient (Wildman–Crippen LogP) is 2.24. The Morgan fingerprint density at radius 1 is 1.36 bits per heavy atom. The average molecular weight is 152 g/mol. The maximum atomic E-state index is 4.82. The molecule has 0 bridgehead atoms. The second-order valence-corrected chi connectivity index (χ2v) is 3.38. The Bertz CT molecular complexity index is 173. The summed E-state index contributed by atoms with van der Waals surface area (Å²) in [6.07, 6.45) is 3.73. The zero-order chi connectivity index (χ0) is 8.74. The maximum absolute atomic E-state index is 4.82. The van der Waals surface area contributed by atoms with Crippen LogP contribution in [0.15, 0.2) is 12.2 Å². The summed E-state index contributed by atoms with van der Waals surface area (Å²) in [4.78, 5) is 0. The van der Waals surface area contributed by atoms with Gasteiger partial charge in [0.15, 0.2) is 0 Å². The molecule has 0 aromatic carbocycles. The highest BCUT2D eigenvalue weighted by Gasteiger charge is 2.01. The van der Waals surface area contributed by atoms with Crippen LogP contribution in [0.2, 0.25) is 0 Å². The minimum absolute atomic E-state index is 0.0947. The van der Waals surface area contributed by atoms with Gasteiger partial charge in [0.1, 0.15) is 0 Å². The molecule has 0 spiro atoms. The third-order valence-corrected chi connectivity index (χ3v) is 0.911. The van der Waals surface area contributed by atoms with Gasteiger partial charge >= 0.3 is 0 Å². The molecule has 0 aliphatic heterocycles. The summed E-state index contributed by atoms with van der Waals surface area (Å²) >= 11 is 0. The maximum Gasteiger partial charge on any atom is 0.0652 e. The average Bonchev–Trinajstić information content (AvgIpc) is 1.85.